The van der Waals surface area contributed by atoms with Crippen LogP contribution in [0.2, 0.25) is 0 Å². The number of nitrogens with zero attached hydrogens (tertiary/aromatic N) is 4. The van der Waals surface area contributed by atoms with Crippen molar-refractivity contribution in [2.75, 3.05) is 23.7 Å². The Labute approximate surface area is 124 Å². The van der Waals surface area contributed by atoms with Gasteiger partial charge in [0.15, 0.2) is 0 Å². The zero-order valence-electron chi connectivity index (χ0n) is 12.0. The van der Waals surface area contributed by atoms with E-state index in [9.17, 15) is 10.5 Å². The lowest BCUT2D eigenvalue weighted by molar-refractivity contribution is -0.347. The molecule has 1 saturated heterocycles. The highest BCUT2D eigenvalue weighted by molar-refractivity contribution is 5.64. The Morgan fingerprint density at radius 3 is 2.33 bits per heavy atom. The fourth-order valence-corrected chi connectivity index (χ4v) is 2.66. The number of nitriles is 3. The Kier molecular flexibility index (Phi) is 4.26. The molecule has 106 valence electrons. The van der Waals surface area contributed by atoms with Crippen LogP contribution < -0.4 is 15.6 Å². The molecule has 21 heavy (non-hydrogen) atoms. The molecule has 1 aliphatic rings. The first-order valence-electron chi connectivity index (χ1n) is 6.92. The summed E-state index contributed by atoms with van der Waals surface area (Å²) in [4.78, 5) is 5.06. The third-order valence-electron chi connectivity index (χ3n) is 3.94. The van der Waals surface area contributed by atoms with Crippen LogP contribution in [0.15, 0.2) is 0 Å². The number of rotatable bonds is 2. The van der Waals surface area contributed by atoms with Crippen LogP contribution >= 0.6 is 0 Å². The van der Waals surface area contributed by atoms with Gasteiger partial charge in [-0.05, 0) is 18.8 Å². The number of aromatic nitrogens is 1. The molecule has 1 fully saturated rings. The molecule has 0 spiro atoms. The Balaban J connectivity index is 2.55. The lowest BCUT2D eigenvalue weighted by atomic mass is 9.97. The summed E-state index contributed by atoms with van der Waals surface area (Å²) in [5.41, 5.74) is 6.88. The molecule has 0 radical (unpaired) electrons. The predicted octanol–water partition coefficient (Wildman–Crippen LogP) is 1.13. The van der Waals surface area contributed by atoms with E-state index in [2.05, 4.69) is 22.9 Å². The monoisotopic (exact) mass is 281 g/mol. The summed E-state index contributed by atoms with van der Waals surface area (Å²) >= 11 is 0. The van der Waals surface area contributed by atoms with Gasteiger partial charge >= 0.3 is 0 Å². The van der Waals surface area contributed by atoms with E-state index in [4.69, 9.17) is 11.0 Å². The summed E-state index contributed by atoms with van der Waals surface area (Å²) in [6, 6.07) is 6.12. The summed E-state index contributed by atoms with van der Waals surface area (Å²) in [5, 5.41) is 27.6. The van der Waals surface area contributed by atoms with Gasteiger partial charge in [-0.25, -0.2) is 4.98 Å². The zero-order chi connectivity index (χ0) is 15.4. The molecule has 1 aromatic heterocycles. The van der Waals surface area contributed by atoms with Gasteiger partial charge in [0.25, 0.3) is 0 Å². The number of nitrogens with two attached hydrogens (primary N) is 1. The van der Waals surface area contributed by atoms with Crippen molar-refractivity contribution in [3.05, 3.63) is 16.7 Å². The van der Waals surface area contributed by atoms with Crippen LogP contribution in [0.3, 0.4) is 0 Å². The van der Waals surface area contributed by atoms with Gasteiger partial charge < -0.3 is 5.73 Å². The second-order valence-corrected chi connectivity index (χ2v) is 5.34. The summed E-state index contributed by atoms with van der Waals surface area (Å²) in [6.07, 6.45) is 2.10. The van der Waals surface area contributed by atoms with E-state index in [0.717, 1.165) is 25.9 Å². The summed E-state index contributed by atoms with van der Waals surface area (Å²) in [5.74, 6) is 1.52. The highest BCUT2D eigenvalue weighted by Gasteiger charge is 2.28. The maximum absolute atomic E-state index is 9.46. The van der Waals surface area contributed by atoms with Crippen molar-refractivity contribution in [3.63, 3.8) is 0 Å². The van der Waals surface area contributed by atoms with Crippen molar-refractivity contribution in [2.45, 2.75) is 26.2 Å². The average Bonchev–Trinajstić information content (AvgIpc) is 2.48. The SMILES string of the molecule is CC1CCN(c2[nH+]c(N)c(C#N)c(CC#N)c2C#N)CC1. The van der Waals surface area contributed by atoms with E-state index >= 15 is 0 Å². The van der Waals surface area contributed by atoms with Crippen molar-refractivity contribution in [1.82, 2.24) is 0 Å². The third-order valence-corrected chi connectivity index (χ3v) is 3.94. The van der Waals surface area contributed by atoms with Crippen molar-refractivity contribution in [2.24, 2.45) is 5.92 Å². The Bertz CT molecular complexity index is 665. The number of hydrogen-bond donors (Lipinski definition) is 1. The van der Waals surface area contributed by atoms with Crippen molar-refractivity contribution in [3.8, 4) is 18.2 Å². The minimum absolute atomic E-state index is 0.00189. The molecule has 0 aromatic carbocycles. The fourth-order valence-electron chi connectivity index (χ4n) is 2.66. The van der Waals surface area contributed by atoms with Gasteiger partial charge in [-0.15, -0.1) is 0 Å². The second kappa shape index (κ2) is 6.11. The molecule has 0 bridgehead atoms. The van der Waals surface area contributed by atoms with Gasteiger partial charge in [-0.3, -0.25) is 4.90 Å². The predicted molar refractivity (Wildman–Crippen MR) is 76.8 cm³/mol. The first-order chi connectivity index (χ1) is 10.1. The van der Waals surface area contributed by atoms with Crippen LogP contribution in [0.4, 0.5) is 11.6 Å². The van der Waals surface area contributed by atoms with E-state index in [-0.39, 0.29) is 17.8 Å². The standard InChI is InChI=1S/C15H16N6/c1-10-3-6-21(7-4-10)15-13(9-18)11(2-5-16)12(8-17)14(19)20-15/h10H,2-4,6-7H2,1H3,(H2,19,20)/p+1. The maximum atomic E-state index is 9.46. The highest BCUT2D eigenvalue weighted by Crippen LogP contribution is 2.27. The van der Waals surface area contributed by atoms with Crippen LogP contribution in [0.1, 0.15) is 36.5 Å². The van der Waals surface area contributed by atoms with Crippen LogP contribution in [-0.2, 0) is 6.42 Å². The van der Waals surface area contributed by atoms with E-state index in [0.29, 0.717) is 22.9 Å². The van der Waals surface area contributed by atoms with Crippen molar-refractivity contribution in [1.29, 1.82) is 15.8 Å². The number of nitrogens with one attached hydrogen (secondary N) is 1. The van der Waals surface area contributed by atoms with Gasteiger partial charge in [0.1, 0.15) is 23.3 Å². The van der Waals surface area contributed by atoms with Crippen LogP contribution in [0, 0.1) is 39.9 Å². The van der Waals surface area contributed by atoms with Gasteiger partial charge in [0.05, 0.1) is 25.6 Å². The fraction of sp³-hybridized carbons (Fsp3) is 0.467. The summed E-state index contributed by atoms with van der Waals surface area (Å²) in [6.45, 7) is 3.88. The highest BCUT2D eigenvalue weighted by atomic mass is 15.2. The lowest BCUT2D eigenvalue weighted by Crippen LogP contribution is -2.38. The van der Waals surface area contributed by atoms with E-state index in [1.165, 1.54) is 0 Å². The molecular weight excluding hydrogens is 264 g/mol. The molecule has 1 aliphatic heterocycles. The van der Waals surface area contributed by atoms with Crippen molar-refractivity contribution < 1.29 is 4.98 Å². The van der Waals surface area contributed by atoms with Gasteiger partial charge in [-0.2, -0.15) is 15.8 Å². The Morgan fingerprint density at radius 2 is 1.81 bits per heavy atom. The molecule has 2 rings (SSSR count). The van der Waals surface area contributed by atoms with Crippen molar-refractivity contribution >= 4 is 11.6 Å². The minimum atomic E-state index is 0.00189. The Morgan fingerprint density at radius 1 is 1.19 bits per heavy atom. The smallest absolute Gasteiger partial charge is 0.240 e. The minimum Gasteiger partial charge on any atom is -0.318 e. The van der Waals surface area contributed by atoms with Gasteiger partial charge in [0.2, 0.25) is 11.6 Å². The number of piperidine rings is 1. The molecule has 0 atom stereocenters. The number of hydrogen-bond acceptors (Lipinski definition) is 5. The first-order valence-corrected chi connectivity index (χ1v) is 6.92. The van der Waals surface area contributed by atoms with E-state index in [1.807, 2.05) is 12.1 Å². The molecule has 0 aliphatic carbocycles. The van der Waals surface area contributed by atoms with E-state index < -0.39 is 0 Å². The molecule has 6 nitrogen and oxygen atoms in total. The van der Waals surface area contributed by atoms with Gasteiger partial charge in [-0.1, -0.05) is 6.92 Å². The van der Waals surface area contributed by atoms with Crippen LogP contribution in [-0.4, -0.2) is 13.1 Å². The normalized spacial score (nSPS) is 15.0. The number of pyridine rings is 1. The number of nitrogen functional groups attached to an aromatic ring is 1. The average molecular weight is 281 g/mol. The summed E-state index contributed by atoms with van der Waals surface area (Å²) in [7, 11) is 0. The van der Waals surface area contributed by atoms with Gasteiger partial charge in [0, 0.05) is 5.56 Å². The number of aromatic amines is 1. The van der Waals surface area contributed by atoms with Crippen LogP contribution in [0.5, 0.6) is 0 Å². The second-order valence-electron chi connectivity index (χ2n) is 5.34. The zero-order valence-corrected chi connectivity index (χ0v) is 12.0. The quantitative estimate of drug-likeness (QED) is 0.872. The maximum Gasteiger partial charge on any atom is 0.240 e. The Hall–Kier alpha value is -2.78. The molecule has 6 heteroatoms. The summed E-state index contributed by atoms with van der Waals surface area (Å²) < 4.78 is 0. The molecule has 3 N–H and O–H groups in total. The largest absolute Gasteiger partial charge is 0.318 e. The lowest BCUT2D eigenvalue weighted by Gasteiger charge is -2.28. The topological polar surface area (TPSA) is 115 Å². The molecule has 0 saturated carbocycles. The molecule has 1 aromatic rings. The molecular formula is C15H17N6+. The molecule has 0 unspecified atom stereocenters. The molecule has 0 amide bonds. The molecule has 2 heterocycles. The number of H-pyrrole nitrogens is 1. The van der Waals surface area contributed by atoms with Crippen LogP contribution in [0.25, 0.3) is 0 Å². The number of anilines is 2. The third kappa shape index (κ3) is 2.73. The first kappa shape index (κ1) is 14.6. The van der Waals surface area contributed by atoms with E-state index in [1.54, 1.807) is 0 Å².